The molecule has 1 spiro atoms. The van der Waals surface area contributed by atoms with Crippen molar-refractivity contribution in [2.24, 2.45) is 23.7 Å². The summed E-state index contributed by atoms with van der Waals surface area (Å²) in [6.07, 6.45) is 5.64. The van der Waals surface area contributed by atoms with E-state index < -0.39 is 5.79 Å². The molecule has 3 saturated carbocycles. The van der Waals surface area contributed by atoms with E-state index in [9.17, 15) is 9.59 Å². The molecule has 3 aliphatic carbocycles. The van der Waals surface area contributed by atoms with Gasteiger partial charge in [-0.2, -0.15) is 0 Å². The predicted octanol–water partition coefficient (Wildman–Crippen LogP) is 1.88. The number of carbonyl (C=O) groups is 2. The summed E-state index contributed by atoms with van der Waals surface area (Å²) >= 11 is 0. The fourth-order valence-corrected chi connectivity index (χ4v) is 4.11. The highest BCUT2D eigenvalue weighted by atomic mass is 17.3. The molecule has 6 heteroatoms. The Morgan fingerprint density at radius 1 is 0.900 bits per heavy atom. The fourth-order valence-electron chi connectivity index (χ4n) is 4.11. The fraction of sp³-hybridized carbons (Fsp3) is 0.857. The van der Waals surface area contributed by atoms with Gasteiger partial charge in [0.05, 0.1) is 11.8 Å². The average Bonchev–Trinajstić information content (AvgIpc) is 3.03. The summed E-state index contributed by atoms with van der Waals surface area (Å²) in [5.74, 6) is -1.93. The van der Waals surface area contributed by atoms with E-state index in [1.165, 1.54) is 0 Å². The molecule has 4 atom stereocenters. The van der Waals surface area contributed by atoms with Crippen molar-refractivity contribution < 1.29 is 29.1 Å². The monoisotopic (exact) mass is 282 g/mol. The van der Waals surface area contributed by atoms with Crippen LogP contribution in [0.25, 0.3) is 0 Å². The molecule has 1 heterocycles. The Kier molecular flexibility index (Phi) is 2.79. The Morgan fingerprint density at radius 3 is 2.35 bits per heavy atom. The van der Waals surface area contributed by atoms with Gasteiger partial charge in [0.2, 0.25) is 0 Å². The summed E-state index contributed by atoms with van der Waals surface area (Å²) in [7, 11) is 0. The van der Waals surface area contributed by atoms with Crippen LogP contribution in [0, 0.1) is 23.7 Å². The van der Waals surface area contributed by atoms with Crippen LogP contribution in [0.5, 0.6) is 0 Å². The molecular formula is C14H18O6. The zero-order valence-corrected chi connectivity index (χ0v) is 11.2. The maximum absolute atomic E-state index is 12.1. The third kappa shape index (κ3) is 1.85. The Balaban J connectivity index is 1.55. The summed E-state index contributed by atoms with van der Waals surface area (Å²) < 4.78 is 0. The lowest BCUT2D eigenvalue weighted by Gasteiger charge is -2.33. The summed E-state index contributed by atoms with van der Waals surface area (Å²) in [4.78, 5) is 44.7. The number of carbonyl (C=O) groups excluding carboxylic acids is 2. The Labute approximate surface area is 116 Å². The minimum absolute atomic E-state index is 0.0580. The van der Waals surface area contributed by atoms with Gasteiger partial charge < -0.3 is 0 Å². The van der Waals surface area contributed by atoms with E-state index in [1.807, 2.05) is 0 Å². The lowest BCUT2D eigenvalue weighted by atomic mass is 9.94. The Hall–Kier alpha value is -1.14. The average molecular weight is 282 g/mol. The molecule has 20 heavy (non-hydrogen) atoms. The van der Waals surface area contributed by atoms with Crippen LogP contribution in [-0.4, -0.2) is 17.7 Å². The van der Waals surface area contributed by atoms with Gasteiger partial charge in [-0.3, -0.25) is 9.78 Å². The van der Waals surface area contributed by atoms with Crippen LogP contribution in [0.2, 0.25) is 0 Å². The number of hydrogen-bond acceptors (Lipinski definition) is 6. The summed E-state index contributed by atoms with van der Waals surface area (Å²) in [6.45, 7) is 0. The van der Waals surface area contributed by atoms with Crippen LogP contribution in [-0.2, 0) is 29.1 Å². The molecule has 0 bridgehead atoms. The van der Waals surface area contributed by atoms with Crippen molar-refractivity contribution in [2.45, 2.75) is 50.7 Å². The van der Waals surface area contributed by atoms with E-state index >= 15 is 0 Å². The van der Waals surface area contributed by atoms with Gasteiger partial charge in [-0.05, 0) is 37.5 Å². The largest absolute Gasteiger partial charge is 0.346 e. The molecule has 4 fully saturated rings. The van der Waals surface area contributed by atoms with E-state index in [2.05, 4.69) is 0 Å². The molecule has 4 aliphatic rings. The van der Waals surface area contributed by atoms with Crippen LogP contribution in [0.4, 0.5) is 0 Å². The second kappa shape index (κ2) is 4.43. The van der Waals surface area contributed by atoms with E-state index in [0.29, 0.717) is 12.8 Å². The number of fused-ring (bicyclic) bond motifs is 1. The lowest BCUT2D eigenvalue weighted by Crippen LogP contribution is -2.41. The molecule has 110 valence electrons. The van der Waals surface area contributed by atoms with Crippen LogP contribution >= 0.6 is 0 Å². The zero-order chi connectivity index (χ0) is 13.7. The minimum atomic E-state index is -1.11. The molecule has 1 aliphatic heterocycles. The van der Waals surface area contributed by atoms with Crippen molar-refractivity contribution in [3.63, 3.8) is 0 Å². The summed E-state index contributed by atoms with van der Waals surface area (Å²) in [5.41, 5.74) is 0. The smallest absolute Gasteiger partial charge is 0.295 e. The van der Waals surface area contributed by atoms with Crippen LogP contribution in [0.3, 0.4) is 0 Å². The lowest BCUT2D eigenvalue weighted by molar-refractivity contribution is -0.489. The van der Waals surface area contributed by atoms with Gasteiger partial charge in [-0.25, -0.2) is 9.59 Å². The highest BCUT2D eigenvalue weighted by Crippen LogP contribution is 2.61. The molecule has 6 nitrogen and oxygen atoms in total. The third-order valence-electron chi connectivity index (χ3n) is 5.25. The van der Waals surface area contributed by atoms with Crippen molar-refractivity contribution in [1.82, 2.24) is 0 Å². The van der Waals surface area contributed by atoms with Crippen LogP contribution < -0.4 is 0 Å². The molecule has 0 aromatic carbocycles. The van der Waals surface area contributed by atoms with Gasteiger partial charge in [-0.15, -0.1) is 9.78 Å². The van der Waals surface area contributed by atoms with Gasteiger partial charge >= 0.3 is 11.9 Å². The second-order valence-corrected chi connectivity index (χ2v) is 6.39. The number of rotatable bonds is 0. The SMILES string of the molecule is O=C1OOC2(CCCCC2)OOC(=O)C2C3CCC1C32. The Bertz CT molecular complexity index is 441. The van der Waals surface area contributed by atoms with E-state index in [0.717, 1.165) is 32.1 Å². The first-order valence-electron chi connectivity index (χ1n) is 7.49. The van der Waals surface area contributed by atoms with E-state index in [1.54, 1.807) is 0 Å². The van der Waals surface area contributed by atoms with Crippen molar-refractivity contribution in [3.8, 4) is 0 Å². The molecular weight excluding hydrogens is 264 g/mol. The predicted molar refractivity (Wildman–Crippen MR) is 63.4 cm³/mol. The minimum Gasteiger partial charge on any atom is -0.295 e. The molecule has 0 aromatic heterocycles. The zero-order valence-electron chi connectivity index (χ0n) is 11.2. The topological polar surface area (TPSA) is 71.1 Å². The second-order valence-electron chi connectivity index (χ2n) is 6.39. The summed E-state index contributed by atoms with van der Waals surface area (Å²) in [5, 5.41) is 0. The van der Waals surface area contributed by atoms with Crippen molar-refractivity contribution >= 4 is 11.9 Å². The highest BCUT2D eigenvalue weighted by molar-refractivity contribution is 5.81. The molecule has 0 aromatic rings. The maximum Gasteiger partial charge on any atom is 0.346 e. The van der Waals surface area contributed by atoms with Crippen molar-refractivity contribution in [2.75, 3.05) is 0 Å². The van der Waals surface area contributed by atoms with E-state index in [-0.39, 0.29) is 35.6 Å². The van der Waals surface area contributed by atoms with Gasteiger partial charge in [0.25, 0.3) is 5.79 Å². The maximum atomic E-state index is 12.1. The first kappa shape index (κ1) is 12.6. The van der Waals surface area contributed by atoms with Crippen molar-refractivity contribution in [1.29, 1.82) is 0 Å². The summed E-state index contributed by atoms with van der Waals surface area (Å²) in [6, 6.07) is 0. The molecule has 0 amide bonds. The van der Waals surface area contributed by atoms with Crippen LogP contribution in [0.1, 0.15) is 44.9 Å². The molecule has 4 unspecified atom stereocenters. The third-order valence-corrected chi connectivity index (χ3v) is 5.25. The van der Waals surface area contributed by atoms with Gasteiger partial charge in [0, 0.05) is 12.8 Å². The quantitative estimate of drug-likeness (QED) is 0.632. The first-order valence-corrected chi connectivity index (χ1v) is 7.49. The molecule has 1 saturated heterocycles. The highest BCUT2D eigenvalue weighted by Gasteiger charge is 2.65. The standard InChI is InChI=1S/C14H18O6/c15-12-9-5-4-8-10(9)11(8)13(16)18-20-14(19-17-12)6-2-1-3-7-14/h8-11H,1-7H2. The van der Waals surface area contributed by atoms with Crippen LogP contribution in [0.15, 0.2) is 0 Å². The van der Waals surface area contributed by atoms with E-state index in [4.69, 9.17) is 19.6 Å². The normalized spacial score (nSPS) is 42.6. The van der Waals surface area contributed by atoms with Gasteiger partial charge in [0.1, 0.15) is 0 Å². The van der Waals surface area contributed by atoms with Gasteiger partial charge in [-0.1, -0.05) is 6.42 Å². The first-order chi connectivity index (χ1) is 9.70. The molecule has 0 radical (unpaired) electrons. The molecule has 4 rings (SSSR count). The number of hydrogen-bond donors (Lipinski definition) is 0. The molecule has 0 N–H and O–H groups in total. The van der Waals surface area contributed by atoms with Crippen molar-refractivity contribution in [3.05, 3.63) is 0 Å². The Morgan fingerprint density at radius 2 is 1.60 bits per heavy atom. The van der Waals surface area contributed by atoms with Gasteiger partial charge in [0.15, 0.2) is 0 Å².